The average molecular weight is 409 g/mol. The molecule has 0 bridgehead atoms. The number of rotatable bonds is 4. The predicted octanol–water partition coefficient (Wildman–Crippen LogP) is 4.65. The van der Waals surface area contributed by atoms with Gasteiger partial charge in [-0.25, -0.2) is 9.18 Å². The van der Waals surface area contributed by atoms with Gasteiger partial charge in [-0.05, 0) is 56.1 Å². The molecule has 0 fully saturated rings. The van der Waals surface area contributed by atoms with Crippen LogP contribution in [0.5, 0.6) is 0 Å². The second kappa shape index (κ2) is 6.02. The van der Waals surface area contributed by atoms with E-state index in [0.717, 1.165) is 8.26 Å². The van der Waals surface area contributed by atoms with Gasteiger partial charge in [0.1, 0.15) is 5.82 Å². The highest BCUT2D eigenvalue weighted by molar-refractivity contribution is 9.13. The van der Waals surface area contributed by atoms with E-state index in [0.29, 0.717) is 10.6 Å². The van der Waals surface area contributed by atoms with E-state index in [1.54, 1.807) is 12.1 Å². The molecule has 0 saturated heterocycles. The SMILES string of the molecule is O=C(O)C(Nc1cccc(F)c1)c1cc(Br)c(Br)s1. The lowest BCUT2D eigenvalue weighted by Crippen LogP contribution is -2.19. The molecule has 1 heterocycles. The molecule has 19 heavy (non-hydrogen) atoms. The van der Waals surface area contributed by atoms with Gasteiger partial charge >= 0.3 is 5.97 Å². The van der Waals surface area contributed by atoms with Crippen molar-refractivity contribution in [2.24, 2.45) is 0 Å². The lowest BCUT2D eigenvalue weighted by atomic mass is 10.2. The van der Waals surface area contributed by atoms with Crippen LogP contribution in [0.3, 0.4) is 0 Å². The topological polar surface area (TPSA) is 49.3 Å². The highest BCUT2D eigenvalue weighted by atomic mass is 79.9. The molecule has 2 aromatic rings. The summed E-state index contributed by atoms with van der Waals surface area (Å²) in [5.74, 6) is -1.44. The minimum atomic E-state index is -1.02. The Morgan fingerprint density at radius 1 is 1.37 bits per heavy atom. The molecule has 0 saturated carbocycles. The van der Waals surface area contributed by atoms with Crippen molar-refractivity contribution < 1.29 is 14.3 Å². The molecule has 1 unspecified atom stereocenters. The van der Waals surface area contributed by atoms with Gasteiger partial charge in [-0.2, -0.15) is 0 Å². The van der Waals surface area contributed by atoms with Gasteiger partial charge in [0.2, 0.25) is 0 Å². The van der Waals surface area contributed by atoms with E-state index in [-0.39, 0.29) is 0 Å². The third-order valence-electron chi connectivity index (χ3n) is 2.33. The summed E-state index contributed by atoms with van der Waals surface area (Å²) >= 11 is 7.94. The smallest absolute Gasteiger partial charge is 0.331 e. The fourth-order valence-electron chi connectivity index (χ4n) is 1.51. The van der Waals surface area contributed by atoms with Gasteiger partial charge in [0.25, 0.3) is 0 Å². The van der Waals surface area contributed by atoms with Gasteiger partial charge in [0.15, 0.2) is 6.04 Å². The van der Waals surface area contributed by atoms with Crippen LogP contribution < -0.4 is 5.32 Å². The molecule has 2 rings (SSSR count). The van der Waals surface area contributed by atoms with Crippen LogP contribution in [-0.2, 0) is 4.79 Å². The fraction of sp³-hybridized carbons (Fsp3) is 0.0833. The highest BCUT2D eigenvalue weighted by Crippen LogP contribution is 2.36. The number of thiophene rings is 1. The molecule has 100 valence electrons. The molecule has 1 aromatic heterocycles. The number of carboxylic acid groups (broad SMARTS) is 1. The molecule has 0 amide bonds. The van der Waals surface area contributed by atoms with Crippen molar-refractivity contribution >= 4 is 54.9 Å². The molecule has 1 atom stereocenters. The maximum Gasteiger partial charge on any atom is 0.331 e. The summed E-state index contributed by atoms with van der Waals surface area (Å²) in [4.78, 5) is 12.0. The van der Waals surface area contributed by atoms with Crippen LogP contribution in [0.15, 0.2) is 38.6 Å². The molecular weight excluding hydrogens is 401 g/mol. The first-order chi connectivity index (χ1) is 8.97. The minimum Gasteiger partial charge on any atom is -0.479 e. The van der Waals surface area contributed by atoms with Crippen molar-refractivity contribution in [2.45, 2.75) is 6.04 Å². The number of hydrogen-bond acceptors (Lipinski definition) is 3. The van der Waals surface area contributed by atoms with Crippen molar-refractivity contribution in [1.29, 1.82) is 0 Å². The molecule has 3 nitrogen and oxygen atoms in total. The number of anilines is 1. The van der Waals surface area contributed by atoms with E-state index in [2.05, 4.69) is 37.2 Å². The molecule has 0 aliphatic heterocycles. The highest BCUT2D eigenvalue weighted by Gasteiger charge is 2.23. The number of nitrogens with one attached hydrogen (secondary N) is 1. The number of hydrogen-bond donors (Lipinski definition) is 2. The Hall–Kier alpha value is -0.920. The third-order valence-corrected chi connectivity index (χ3v) is 5.65. The summed E-state index contributed by atoms with van der Waals surface area (Å²) in [6.45, 7) is 0. The molecule has 0 aliphatic rings. The van der Waals surface area contributed by atoms with E-state index < -0.39 is 17.8 Å². The Balaban J connectivity index is 2.29. The van der Waals surface area contributed by atoms with Gasteiger partial charge in [-0.15, -0.1) is 11.3 Å². The quantitative estimate of drug-likeness (QED) is 0.773. The van der Waals surface area contributed by atoms with Crippen molar-refractivity contribution in [3.05, 3.63) is 49.3 Å². The normalized spacial score (nSPS) is 12.2. The Morgan fingerprint density at radius 3 is 2.63 bits per heavy atom. The lowest BCUT2D eigenvalue weighted by molar-refractivity contribution is -0.138. The summed E-state index contributed by atoms with van der Waals surface area (Å²) in [7, 11) is 0. The number of benzene rings is 1. The lowest BCUT2D eigenvalue weighted by Gasteiger charge is -2.14. The number of aliphatic carboxylic acids is 1. The maximum atomic E-state index is 13.1. The summed E-state index contributed by atoms with van der Waals surface area (Å²) in [6.07, 6.45) is 0. The van der Waals surface area contributed by atoms with Crippen LogP contribution in [0.4, 0.5) is 10.1 Å². The third kappa shape index (κ3) is 3.55. The molecule has 0 aliphatic carbocycles. The molecule has 0 spiro atoms. The van der Waals surface area contributed by atoms with Gasteiger partial charge in [-0.3, -0.25) is 0 Å². The maximum absolute atomic E-state index is 13.1. The Kier molecular flexibility index (Phi) is 4.59. The predicted molar refractivity (Wildman–Crippen MR) is 80.1 cm³/mol. The summed E-state index contributed by atoms with van der Waals surface area (Å²) in [5.41, 5.74) is 0.424. The van der Waals surface area contributed by atoms with E-state index >= 15 is 0 Å². The van der Waals surface area contributed by atoms with Crippen LogP contribution in [0.2, 0.25) is 0 Å². The van der Waals surface area contributed by atoms with Crippen molar-refractivity contribution in [3.63, 3.8) is 0 Å². The van der Waals surface area contributed by atoms with E-state index in [1.807, 2.05) is 0 Å². The van der Waals surface area contributed by atoms with Crippen LogP contribution in [0.1, 0.15) is 10.9 Å². The van der Waals surface area contributed by atoms with E-state index in [1.165, 1.54) is 29.5 Å². The number of carbonyl (C=O) groups is 1. The largest absolute Gasteiger partial charge is 0.479 e. The van der Waals surface area contributed by atoms with E-state index in [9.17, 15) is 14.3 Å². The first-order valence-electron chi connectivity index (χ1n) is 5.17. The van der Waals surface area contributed by atoms with Crippen LogP contribution >= 0.6 is 43.2 Å². The summed E-state index contributed by atoms with van der Waals surface area (Å²) in [6, 6.07) is 6.51. The zero-order valence-electron chi connectivity index (χ0n) is 9.36. The average Bonchev–Trinajstić information content (AvgIpc) is 2.66. The molecular formula is C12H8Br2FNO2S. The van der Waals surface area contributed by atoms with Crippen molar-refractivity contribution in [2.75, 3.05) is 5.32 Å². The Morgan fingerprint density at radius 2 is 2.11 bits per heavy atom. The van der Waals surface area contributed by atoms with E-state index in [4.69, 9.17) is 0 Å². The fourth-order valence-corrected chi connectivity index (χ4v) is 3.64. The number of carboxylic acids is 1. The second-order valence-corrected chi connectivity index (χ2v) is 6.95. The van der Waals surface area contributed by atoms with Gasteiger partial charge in [-0.1, -0.05) is 6.07 Å². The molecule has 2 N–H and O–H groups in total. The van der Waals surface area contributed by atoms with Gasteiger partial charge < -0.3 is 10.4 Å². The van der Waals surface area contributed by atoms with Crippen molar-refractivity contribution in [1.82, 2.24) is 0 Å². The zero-order chi connectivity index (χ0) is 14.0. The van der Waals surface area contributed by atoms with Crippen LogP contribution in [-0.4, -0.2) is 11.1 Å². The van der Waals surface area contributed by atoms with Crippen LogP contribution in [0, 0.1) is 5.82 Å². The number of halogens is 3. The summed E-state index contributed by atoms with van der Waals surface area (Å²) < 4.78 is 14.7. The van der Waals surface area contributed by atoms with Gasteiger partial charge in [0.05, 0.1) is 3.79 Å². The Bertz CT molecular complexity index is 598. The first-order valence-corrected chi connectivity index (χ1v) is 7.57. The first kappa shape index (κ1) is 14.5. The van der Waals surface area contributed by atoms with Crippen molar-refractivity contribution in [3.8, 4) is 0 Å². The second-order valence-electron chi connectivity index (χ2n) is 3.70. The zero-order valence-corrected chi connectivity index (χ0v) is 13.4. The summed E-state index contributed by atoms with van der Waals surface area (Å²) in [5, 5.41) is 12.1. The Labute approximate surface area is 129 Å². The molecule has 7 heteroatoms. The van der Waals surface area contributed by atoms with Crippen LogP contribution in [0.25, 0.3) is 0 Å². The molecule has 1 aromatic carbocycles. The van der Waals surface area contributed by atoms with Gasteiger partial charge in [0, 0.05) is 15.0 Å². The standard InChI is InChI=1S/C12H8Br2FNO2S/c13-8-5-9(19-11(8)14)10(12(17)18)16-7-3-1-2-6(15)4-7/h1-5,10,16H,(H,17,18). The minimum absolute atomic E-state index is 0.414. The monoisotopic (exact) mass is 407 g/mol. The molecule has 0 radical (unpaired) electrons.